The highest BCUT2D eigenvalue weighted by Crippen LogP contribution is 2.32. The van der Waals surface area contributed by atoms with Gasteiger partial charge in [-0.15, -0.1) is 0 Å². The van der Waals surface area contributed by atoms with E-state index in [4.69, 9.17) is 4.74 Å². The molecule has 2 atom stereocenters. The Kier molecular flexibility index (Phi) is 5.01. The summed E-state index contributed by atoms with van der Waals surface area (Å²) in [5.74, 6) is 0.822. The van der Waals surface area contributed by atoms with Gasteiger partial charge in [0.1, 0.15) is 6.04 Å². The molecule has 2 aliphatic rings. The summed E-state index contributed by atoms with van der Waals surface area (Å²) in [6, 6.07) is 0.403. The molecule has 1 N–H and O–H groups in total. The fourth-order valence-electron chi connectivity index (χ4n) is 3.05. The van der Waals surface area contributed by atoms with Crippen LogP contribution in [0.15, 0.2) is 0 Å². The van der Waals surface area contributed by atoms with Gasteiger partial charge < -0.3 is 10.1 Å². The smallest absolute Gasteiger partial charge is 0.324 e. The van der Waals surface area contributed by atoms with Crippen LogP contribution < -0.4 is 5.32 Å². The third-order valence-electron chi connectivity index (χ3n) is 4.31. The van der Waals surface area contributed by atoms with Crippen LogP contribution >= 0.6 is 0 Å². The fraction of sp³-hybridized carbons (Fsp3) is 0.929. The maximum absolute atomic E-state index is 12.0. The topological polar surface area (TPSA) is 41.6 Å². The molecule has 18 heavy (non-hydrogen) atoms. The fourth-order valence-corrected chi connectivity index (χ4v) is 3.05. The number of piperazine rings is 1. The minimum absolute atomic E-state index is 0.0647. The van der Waals surface area contributed by atoms with E-state index < -0.39 is 0 Å². The molecule has 104 valence electrons. The Morgan fingerprint density at radius 1 is 1.50 bits per heavy atom. The molecule has 0 bridgehead atoms. The lowest BCUT2D eigenvalue weighted by Crippen LogP contribution is -2.58. The predicted octanol–water partition coefficient (Wildman–Crippen LogP) is 1.40. The van der Waals surface area contributed by atoms with Crippen molar-refractivity contribution in [3.63, 3.8) is 0 Å². The number of hydrogen-bond donors (Lipinski definition) is 1. The second kappa shape index (κ2) is 6.53. The van der Waals surface area contributed by atoms with Gasteiger partial charge in [0, 0.05) is 25.7 Å². The van der Waals surface area contributed by atoms with Gasteiger partial charge in [0.15, 0.2) is 0 Å². The SMILES string of the molecule is CCOC(=O)C1CNCCN1C(C)CC1CCC1. The first-order valence-electron chi connectivity index (χ1n) is 7.35. The van der Waals surface area contributed by atoms with Gasteiger partial charge in [-0.3, -0.25) is 9.69 Å². The normalized spacial score (nSPS) is 27.6. The van der Waals surface area contributed by atoms with E-state index in [0.717, 1.165) is 25.6 Å². The van der Waals surface area contributed by atoms with Crippen molar-refractivity contribution in [1.29, 1.82) is 0 Å². The van der Waals surface area contributed by atoms with E-state index in [9.17, 15) is 4.79 Å². The van der Waals surface area contributed by atoms with E-state index in [1.807, 2.05) is 6.92 Å². The van der Waals surface area contributed by atoms with Crippen LogP contribution in [0.2, 0.25) is 0 Å². The standard InChI is InChI=1S/C14H26N2O2/c1-3-18-14(17)13-10-15-7-8-16(13)11(2)9-12-5-4-6-12/h11-13,15H,3-10H2,1-2H3. The van der Waals surface area contributed by atoms with Crippen LogP contribution in [0.25, 0.3) is 0 Å². The van der Waals surface area contributed by atoms with Gasteiger partial charge >= 0.3 is 5.97 Å². The summed E-state index contributed by atoms with van der Waals surface area (Å²) >= 11 is 0. The Balaban J connectivity index is 1.90. The number of ether oxygens (including phenoxy) is 1. The lowest BCUT2D eigenvalue weighted by Gasteiger charge is -2.41. The van der Waals surface area contributed by atoms with Crippen molar-refractivity contribution in [3.05, 3.63) is 0 Å². The van der Waals surface area contributed by atoms with E-state index in [0.29, 0.717) is 12.6 Å². The van der Waals surface area contributed by atoms with E-state index in [1.54, 1.807) is 0 Å². The van der Waals surface area contributed by atoms with Gasteiger partial charge in [-0.1, -0.05) is 19.3 Å². The molecule has 0 radical (unpaired) electrons. The second-order valence-electron chi connectivity index (χ2n) is 5.59. The lowest BCUT2D eigenvalue weighted by molar-refractivity contribution is -0.151. The third kappa shape index (κ3) is 3.23. The molecule has 0 aromatic carbocycles. The molecule has 2 unspecified atom stereocenters. The molecule has 0 aromatic heterocycles. The first-order chi connectivity index (χ1) is 8.72. The van der Waals surface area contributed by atoms with E-state index in [-0.39, 0.29) is 12.0 Å². The van der Waals surface area contributed by atoms with Crippen LogP contribution in [-0.2, 0) is 9.53 Å². The lowest BCUT2D eigenvalue weighted by atomic mass is 9.80. The van der Waals surface area contributed by atoms with Crippen LogP contribution in [0, 0.1) is 5.92 Å². The maximum atomic E-state index is 12.0. The zero-order chi connectivity index (χ0) is 13.0. The Labute approximate surface area is 110 Å². The molecule has 1 aliphatic carbocycles. The quantitative estimate of drug-likeness (QED) is 0.753. The number of rotatable bonds is 5. The van der Waals surface area contributed by atoms with E-state index >= 15 is 0 Å². The Bertz CT molecular complexity index is 279. The molecule has 1 saturated carbocycles. The Morgan fingerprint density at radius 2 is 2.28 bits per heavy atom. The zero-order valence-electron chi connectivity index (χ0n) is 11.7. The van der Waals surface area contributed by atoms with E-state index in [2.05, 4.69) is 17.1 Å². The predicted molar refractivity (Wildman–Crippen MR) is 71.4 cm³/mol. The van der Waals surface area contributed by atoms with Crippen LogP contribution in [0.3, 0.4) is 0 Å². The molecule has 4 nitrogen and oxygen atoms in total. The van der Waals surface area contributed by atoms with Crippen molar-refractivity contribution in [3.8, 4) is 0 Å². The Hall–Kier alpha value is -0.610. The van der Waals surface area contributed by atoms with E-state index in [1.165, 1.54) is 25.7 Å². The molecule has 0 amide bonds. The molecule has 4 heteroatoms. The number of nitrogens with one attached hydrogen (secondary N) is 1. The minimum atomic E-state index is -0.0891. The second-order valence-corrected chi connectivity index (χ2v) is 5.59. The van der Waals surface area contributed by atoms with Crippen molar-refractivity contribution >= 4 is 5.97 Å². The minimum Gasteiger partial charge on any atom is -0.465 e. The summed E-state index contributed by atoms with van der Waals surface area (Å²) in [4.78, 5) is 14.3. The molecule has 1 aliphatic heterocycles. The number of carbonyl (C=O) groups is 1. The highest BCUT2D eigenvalue weighted by Gasteiger charge is 2.34. The number of nitrogens with zero attached hydrogens (tertiary/aromatic N) is 1. The summed E-state index contributed by atoms with van der Waals surface area (Å²) in [5, 5.41) is 3.30. The van der Waals surface area contributed by atoms with Crippen molar-refractivity contribution < 1.29 is 9.53 Å². The number of esters is 1. The van der Waals surface area contributed by atoms with Crippen LogP contribution in [-0.4, -0.2) is 49.2 Å². The molecular weight excluding hydrogens is 228 g/mol. The summed E-state index contributed by atoms with van der Waals surface area (Å²) in [7, 11) is 0. The summed E-state index contributed by atoms with van der Waals surface area (Å²) in [6.07, 6.45) is 5.37. The van der Waals surface area contributed by atoms with Crippen LogP contribution in [0.5, 0.6) is 0 Å². The maximum Gasteiger partial charge on any atom is 0.324 e. The number of hydrogen-bond acceptors (Lipinski definition) is 4. The summed E-state index contributed by atoms with van der Waals surface area (Å²) in [6.45, 7) is 7.27. The van der Waals surface area contributed by atoms with Gasteiger partial charge in [-0.25, -0.2) is 0 Å². The molecule has 2 fully saturated rings. The van der Waals surface area contributed by atoms with Crippen molar-refractivity contribution in [1.82, 2.24) is 10.2 Å². The van der Waals surface area contributed by atoms with Crippen molar-refractivity contribution in [2.45, 2.75) is 51.6 Å². The average molecular weight is 254 g/mol. The van der Waals surface area contributed by atoms with Gasteiger partial charge in [0.05, 0.1) is 6.61 Å². The van der Waals surface area contributed by atoms with Crippen molar-refractivity contribution in [2.75, 3.05) is 26.2 Å². The van der Waals surface area contributed by atoms with Crippen LogP contribution in [0.1, 0.15) is 39.5 Å². The largest absolute Gasteiger partial charge is 0.465 e. The third-order valence-corrected chi connectivity index (χ3v) is 4.31. The zero-order valence-corrected chi connectivity index (χ0v) is 11.7. The first kappa shape index (κ1) is 13.8. The molecule has 2 rings (SSSR count). The highest BCUT2D eigenvalue weighted by atomic mass is 16.5. The van der Waals surface area contributed by atoms with Crippen LogP contribution in [0.4, 0.5) is 0 Å². The van der Waals surface area contributed by atoms with Gasteiger partial charge in [-0.2, -0.15) is 0 Å². The first-order valence-corrected chi connectivity index (χ1v) is 7.35. The summed E-state index contributed by atoms with van der Waals surface area (Å²) < 4.78 is 5.19. The monoisotopic (exact) mass is 254 g/mol. The molecule has 0 spiro atoms. The highest BCUT2D eigenvalue weighted by molar-refractivity contribution is 5.76. The summed E-state index contributed by atoms with van der Waals surface area (Å²) in [5.41, 5.74) is 0. The van der Waals surface area contributed by atoms with Gasteiger partial charge in [0.25, 0.3) is 0 Å². The van der Waals surface area contributed by atoms with Gasteiger partial charge in [0.2, 0.25) is 0 Å². The average Bonchev–Trinajstić information content (AvgIpc) is 2.34. The number of carbonyl (C=O) groups excluding carboxylic acids is 1. The van der Waals surface area contributed by atoms with Gasteiger partial charge in [-0.05, 0) is 26.2 Å². The van der Waals surface area contributed by atoms with Crippen molar-refractivity contribution in [2.24, 2.45) is 5.92 Å². The Morgan fingerprint density at radius 3 is 2.89 bits per heavy atom. The molecule has 1 heterocycles. The molecule has 1 saturated heterocycles. The molecule has 0 aromatic rings. The molecular formula is C14H26N2O2.